The Bertz CT molecular complexity index is 1080. The number of benzene rings is 2. The first-order valence-corrected chi connectivity index (χ1v) is 9.50. The number of hydrazone groups is 1. The third-order valence-electron chi connectivity index (χ3n) is 5.01. The van der Waals surface area contributed by atoms with Gasteiger partial charge in [0.15, 0.2) is 5.71 Å². The van der Waals surface area contributed by atoms with Crippen molar-refractivity contribution in [3.05, 3.63) is 75.6 Å². The van der Waals surface area contributed by atoms with Crippen molar-refractivity contribution in [2.24, 2.45) is 16.8 Å². The highest BCUT2D eigenvalue weighted by Gasteiger charge is 2.58. The lowest BCUT2D eigenvalue weighted by molar-refractivity contribution is -0.0658. The van der Waals surface area contributed by atoms with Crippen LogP contribution >= 0.6 is 23.2 Å². The van der Waals surface area contributed by atoms with Crippen molar-refractivity contribution >= 4 is 34.6 Å². The molecule has 5 nitrogen and oxygen atoms in total. The number of nitrogens with zero attached hydrogens (tertiary/aromatic N) is 3. The van der Waals surface area contributed by atoms with Crippen molar-refractivity contribution in [3.63, 3.8) is 0 Å². The molecule has 0 amide bonds. The quantitative estimate of drug-likeness (QED) is 0.680. The van der Waals surface area contributed by atoms with E-state index in [0.717, 1.165) is 5.01 Å². The van der Waals surface area contributed by atoms with E-state index in [4.69, 9.17) is 33.7 Å². The number of allylic oxidation sites excluding steroid dienone is 1. The first kappa shape index (κ1) is 20.4. The van der Waals surface area contributed by atoms with Gasteiger partial charge in [0.2, 0.25) is 12.1 Å². The predicted octanol–water partition coefficient (Wildman–Crippen LogP) is 5.18. The van der Waals surface area contributed by atoms with Crippen LogP contribution in [0.2, 0.25) is 10.0 Å². The van der Waals surface area contributed by atoms with Crippen LogP contribution in [0.5, 0.6) is 0 Å². The van der Waals surface area contributed by atoms with Gasteiger partial charge in [0.05, 0.1) is 17.2 Å². The van der Waals surface area contributed by atoms with Gasteiger partial charge in [-0.15, -0.1) is 0 Å². The Morgan fingerprint density at radius 3 is 2.27 bits per heavy atom. The normalized spacial score (nSPS) is 23.5. The standard InChI is InChI=1S/C20H13Cl2F3N4O/c21-12-7-4-8-13(22)15(12)14-11(9-26)18(27)30-19-16(14)17(20(23,24)25)28-29(19)10-5-2-1-3-6-10/h1-8,14,16,19H,27H2/t14-,16-,19-/m0/s1. The summed E-state index contributed by atoms with van der Waals surface area (Å²) in [5.74, 6) is -2.90. The summed E-state index contributed by atoms with van der Waals surface area (Å²) in [6, 6.07) is 14.7. The number of para-hydroxylation sites is 1. The fraction of sp³-hybridized carbons (Fsp3) is 0.200. The number of nitrogens with two attached hydrogens (primary N) is 1. The third kappa shape index (κ3) is 3.24. The maximum absolute atomic E-state index is 14.0. The van der Waals surface area contributed by atoms with Crippen LogP contribution in [0.1, 0.15) is 11.5 Å². The molecular formula is C20H13Cl2F3N4O. The van der Waals surface area contributed by atoms with Crippen LogP contribution < -0.4 is 10.7 Å². The number of alkyl halides is 3. The lowest BCUT2D eigenvalue weighted by Gasteiger charge is -2.38. The van der Waals surface area contributed by atoms with Gasteiger partial charge in [-0.1, -0.05) is 47.5 Å². The van der Waals surface area contributed by atoms with E-state index in [1.165, 1.54) is 12.1 Å². The van der Waals surface area contributed by atoms with E-state index in [9.17, 15) is 18.4 Å². The van der Waals surface area contributed by atoms with Gasteiger partial charge in [-0.2, -0.15) is 23.5 Å². The summed E-state index contributed by atoms with van der Waals surface area (Å²) in [6.07, 6.45) is -6.02. The zero-order valence-electron chi connectivity index (χ0n) is 15.1. The SMILES string of the molecule is N#CC1=C(N)O[C@H]2[C@H](C(C(F)(F)F)=NN2c2ccccc2)[C@@H]1c1c(Cl)cccc1Cl. The monoisotopic (exact) mass is 452 g/mol. The van der Waals surface area contributed by atoms with Gasteiger partial charge in [0.1, 0.15) is 6.07 Å². The largest absolute Gasteiger partial charge is 0.452 e. The van der Waals surface area contributed by atoms with Gasteiger partial charge in [-0.05, 0) is 29.8 Å². The van der Waals surface area contributed by atoms with E-state index >= 15 is 0 Å². The number of fused-ring (bicyclic) bond motifs is 1. The Labute approximate surface area is 179 Å². The number of ether oxygens (including phenoxy) is 1. The zero-order chi connectivity index (χ0) is 21.6. The average molecular weight is 453 g/mol. The van der Waals surface area contributed by atoms with Gasteiger partial charge < -0.3 is 10.5 Å². The number of nitriles is 1. The summed E-state index contributed by atoms with van der Waals surface area (Å²) in [7, 11) is 0. The molecule has 154 valence electrons. The molecule has 2 aromatic carbocycles. The second-order valence-electron chi connectivity index (χ2n) is 6.70. The summed E-state index contributed by atoms with van der Waals surface area (Å²) in [5.41, 5.74) is 5.23. The van der Waals surface area contributed by atoms with Crippen molar-refractivity contribution in [2.45, 2.75) is 18.3 Å². The summed E-state index contributed by atoms with van der Waals surface area (Å²) >= 11 is 12.6. The summed E-state index contributed by atoms with van der Waals surface area (Å²) in [4.78, 5) is 0. The third-order valence-corrected chi connectivity index (χ3v) is 5.66. The number of hydrogen-bond donors (Lipinski definition) is 1. The van der Waals surface area contributed by atoms with Gasteiger partial charge >= 0.3 is 6.18 Å². The first-order valence-electron chi connectivity index (χ1n) is 8.74. The van der Waals surface area contributed by atoms with Gasteiger partial charge in [0, 0.05) is 16.0 Å². The molecular weight excluding hydrogens is 440 g/mol. The minimum atomic E-state index is -4.78. The van der Waals surface area contributed by atoms with E-state index in [1.54, 1.807) is 36.4 Å². The van der Waals surface area contributed by atoms with Gasteiger partial charge in [-0.3, -0.25) is 0 Å². The smallest absolute Gasteiger partial charge is 0.431 e. The summed E-state index contributed by atoms with van der Waals surface area (Å²) in [6.45, 7) is 0. The molecule has 0 spiro atoms. The van der Waals surface area contributed by atoms with Crippen molar-refractivity contribution in [1.82, 2.24) is 0 Å². The Hall–Kier alpha value is -2.89. The molecule has 30 heavy (non-hydrogen) atoms. The second-order valence-corrected chi connectivity index (χ2v) is 7.51. The Morgan fingerprint density at radius 1 is 1.07 bits per heavy atom. The Balaban J connectivity index is 1.96. The molecule has 4 rings (SSSR count). The number of rotatable bonds is 2. The first-order chi connectivity index (χ1) is 14.2. The number of hydrogen-bond acceptors (Lipinski definition) is 5. The molecule has 0 aromatic heterocycles. The second kappa shape index (κ2) is 7.42. The molecule has 2 aliphatic heterocycles. The molecule has 0 unspecified atom stereocenters. The fourth-order valence-electron chi connectivity index (χ4n) is 3.79. The molecule has 10 heteroatoms. The van der Waals surface area contributed by atoms with E-state index in [-0.39, 0.29) is 27.1 Å². The van der Waals surface area contributed by atoms with Gasteiger partial charge in [-0.25, -0.2) is 5.01 Å². The van der Waals surface area contributed by atoms with Crippen LogP contribution in [0.4, 0.5) is 18.9 Å². The molecule has 2 heterocycles. The van der Waals surface area contributed by atoms with Gasteiger partial charge in [0.25, 0.3) is 0 Å². The van der Waals surface area contributed by atoms with Crippen molar-refractivity contribution in [1.29, 1.82) is 5.26 Å². The van der Waals surface area contributed by atoms with Crippen molar-refractivity contribution < 1.29 is 17.9 Å². The molecule has 0 fully saturated rings. The number of anilines is 1. The minimum absolute atomic E-state index is 0.119. The molecule has 3 atom stereocenters. The molecule has 0 radical (unpaired) electrons. The van der Waals surface area contributed by atoms with E-state index in [0.29, 0.717) is 5.69 Å². The highest BCUT2D eigenvalue weighted by atomic mass is 35.5. The predicted molar refractivity (Wildman–Crippen MR) is 107 cm³/mol. The van der Waals surface area contributed by atoms with Crippen LogP contribution in [-0.4, -0.2) is 18.1 Å². The maximum Gasteiger partial charge on any atom is 0.431 e. The molecule has 2 aliphatic rings. The summed E-state index contributed by atoms with van der Waals surface area (Å²) < 4.78 is 47.7. The molecule has 0 saturated heterocycles. The van der Waals surface area contributed by atoms with Crippen LogP contribution in [-0.2, 0) is 4.74 Å². The van der Waals surface area contributed by atoms with E-state index in [1.807, 2.05) is 6.07 Å². The van der Waals surface area contributed by atoms with Crippen LogP contribution in [0.3, 0.4) is 0 Å². The Morgan fingerprint density at radius 2 is 1.70 bits per heavy atom. The fourth-order valence-corrected chi connectivity index (χ4v) is 4.42. The highest BCUT2D eigenvalue weighted by Crippen LogP contribution is 2.51. The van der Waals surface area contributed by atoms with E-state index < -0.39 is 30.0 Å². The Kier molecular flexibility index (Phi) is 5.04. The average Bonchev–Trinajstić information content (AvgIpc) is 3.08. The van der Waals surface area contributed by atoms with E-state index in [2.05, 4.69) is 5.10 Å². The minimum Gasteiger partial charge on any atom is -0.452 e. The topological polar surface area (TPSA) is 74.6 Å². The maximum atomic E-state index is 14.0. The van der Waals surface area contributed by atoms with Crippen LogP contribution in [0, 0.1) is 17.2 Å². The molecule has 0 bridgehead atoms. The van der Waals surface area contributed by atoms with Crippen LogP contribution in [0.25, 0.3) is 0 Å². The van der Waals surface area contributed by atoms with Crippen LogP contribution in [0.15, 0.2) is 65.1 Å². The molecule has 0 aliphatic carbocycles. The van der Waals surface area contributed by atoms with Crippen molar-refractivity contribution in [3.8, 4) is 6.07 Å². The summed E-state index contributed by atoms with van der Waals surface area (Å²) in [5, 5.41) is 14.9. The molecule has 2 N–H and O–H groups in total. The highest BCUT2D eigenvalue weighted by molar-refractivity contribution is 6.36. The lowest BCUT2D eigenvalue weighted by atomic mass is 9.76. The molecule has 0 saturated carbocycles. The number of halogens is 5. The lowest BCUT2D eigenvalue weighted by Crippen LogP contribution is -2.46. The molecule has 2 aromatic rings. The van der Waals surface area contributed by atoms with Crippen molar-refractivity contribution in [2.75, 3.05) is 5.01 Å². The zero-order valence-corrected chi connectivity index (χ0v) is 16.6.